The summed E-state index contributed by atoms with van der Waals surface area (Å²) in [5, 5.41) is 9.41. The van der Waals surface area contributed by atoms with Crippen LogP contribution in [0.2, 0.25) is 0 Å². The Morgan fingerprint density at radius 3 is 2.50 bits per heavy atom. The zero-order chi connectivity index (χ0) is 13.7. The van der Waals surface area contributed by atoms with Crippen LogP contribution in [0.25, 0.3) is 11.0 Å². The van der Waals surface area contributed by atoms with E-state index in [1.807, 2.05) is 20.8 Å². The molecule has 0 saturated carbocycles. The molecular formula is C13H12BrFO3. The number of carboxylic acid groups (broad SMARTS) is 1. The molecule has 1 aromatic heterocycles. The zero-order valence-electron chi connectivity index (χ0n) is 10.2. The Morgan fingerprint density at radius 2 is 2.00 bits per heavy atom. The lowest BCUT2D eigenvalue weighted by molar-refractivity contribution is 0.0661. The van der Waals surface area contributed by atoms with E-state index < -0.39 is 17.2 Å². The van der Waals surface area contributed by atoms with Gasteiger partial charge in [-0.3, -0.25) is 0 Å². The molecule has 0 aliphatic carbocycles. The zero-order valence-corrected chi connectivity index (χ0v) is 11.8. The number of halogens is 2. The monoisotopic (exact) mass is 314 g/mol. The summed E-state index contributed by atoms with van der Waals surface area (Å²) in [4.78, 5) is 11.2. The van der Waals surface area contributed by atoms with Crippen LogP contribution in [0.4, 0.5) is 4.39 Å². The van der Waals surface area contributed by atoms with Crippen molar-refractivity contribution in [3.63, 3.8) is 0 Å². The Bertz CT molecular complexity index is 638. The quantitative estimate of drug-likeness (QED) is 0.852. The maximum Gasteiger partial charge on any atom is 0.372 e. The molecule has 2 aromatic rings. The third-order valence-electron chi connectivity index (χ3n) is 2.68. The topological polar surface area (TPSA) is 50.4 Å². The van der Waals surface area contributed by atoms with Crippen LogP contribution in [0.3, 0.4) is 0 Å². The van der Waals surface area contributed by atoms with E-state index in [9.17, 15) is 14.3 Å². The molecule has 1 heterocycles. The molecular weight excluding hydrogens is 303 g/mol. The van der Waals surface area contributed by atoms with E-state index in [0.717, 1.165) is 0 Å². The summed E-state index contributed by atoms with van der Waals surface area (Å²) in [6.07, 6.45) is 0. The molecule has 0 radical (unpaired) electrons. The molecule has 0 aliphatic rings. The van der Waals surface area contributed by atoms with Crippen molar-refractivity contribution in [1.29, 1.82) is 0 Å². The van der Waals surface area contributed by atoms with E-state index in [0.29, 0.717) is 10.0 Å². The maximum absolute atomic E-state index is 14.0. The standard InChI is InChI=1S/C13H12BrFO3/c1-13(2,3)9-8-7(15)5-4-6(14)10(8)18-11(9)12(16)17/h4-5H,1-3H3,(H,16,17). The lowest BCUT2D eigenvalue weighted by Gasteiger charge is -2.18. The highest BCUT2D eigenvalue weighted by Crippen LogP contribution is 2.39. The number of carboxylic acids is 1. The van der Waals surface area contributed by atoms with Gasteiger partial charge in [-0.25, -0.2) is 9.18 Å². The van der Waals surface area contributed by atoms with Crippen LogP contribution in [-0.4, -0.2) is 11.1 Å². The Hall–Kier alpha value is -1.36. The SMILES string of the molecule is CC(C)(C)c1c(C(=O)O)oc2c(Br)ccc(F)c12. The van der Waals surface area contributed by atoms with Crippen molar-refractivity contribution in [2.45, 2.75) is 26.2 Å². The molecule has 0 aliphatic heterocycles. The van der Waals surface area contributed by atoms with Gasteiger partial charge in [-0.2, -0.15) is 0 Å². The second-order valence-electron chi connectivity index (χ2n) is 5.09. The number of hydrogen-bond donors (Lipinski definition) is 1. The average Bonchev–Trinajstić information content (AvgIpc) is 2.64. The van der Waals surface area contributed by atoms with Gasteiger partial charge in [0, 0.05) is 5.56 Å². The fourth-order valence-corrected chi connectivity index (χ4v) is 2.41. The third kappa shape index (κ3) is 1.92. The molecule has 0 spiro atoms. The lowest BCUT2D eigenvalue weighted by atomic mass is 9.84. The molecule has 3 nitrogen and oxygen atoms in total. The number of rotatable bonds is 1. The van der Waals surface area contributed by atoms with Gasteiger partial charge in [-0.15, -0.1) is 0 Å². The van der Waals surface area contributed by atoms with Crippen molar-refractivity contribution in [3.8, 4) is 0 Å². The maximum atomic E-state index is 14.0. The summed E-state index contributed by atoms with van der Waals surface area (Å²) in [6.45, 7) is 5.47. The number of furan rings is 1. The lowest BCUT2D eigenvalue weighted by Crippen LogP contribution is -2.15. The van der Waals surface area contributed by atoms with Crippen LogP contribution >= 0.6 is 15.9 Å². The normalized spacial score (nSPS) is 12.1. The Morgan fingerprint density at radius 1 is 1.39 bits per heavy atom. The van der Waals surface area contributed by atoms with Crippen molar-refractivity contribution >= 4 is 32.9 Å². The molecule has 96 valence electrons. The van der Waals surface area contributed by atoms with E-state index in [1.54, 1.807) is 0 Å². The molecule has 0 unspecified atom stereocenters. The summed E-state index contributed by atoms with van der Waals surface area (Å²) < 4.78 is 19.8. The number of fused-ring (bicyclic) bond motifs is 1. The fraction of sp³-hybridized carbons (Fsp3) is 0.308. The molecule has 0 saturated heterocycles. The molecule has 2 rings (SSSR count). The molecule has 0 bridgehead atoms. The summed E-state index contributed by atoms with van der Waals surface area (Å²) >= 11 is 3.24. The van der Waals surface area contributed by atoms with Crippen LogP contribution in [0, 0.1) is 5.82 Å². The van der Waals surface area contributed by atoms with E-state index in [-0.39, 0.29) is 16.7 Å². The second-order valence-corrected chi connectivity index (χ2v) is 5.95. The number of carbonyl (C=O) groups is 1. The van der Waals surface area contributed by atoms with Crippen molar-refractivity contribution < 1.29 is 18.7 Å². The van der Waals surface area contributed by atoms with Gasteiger partial charge in [0.15, 0.2) is 5.58 Å². The minimum absolute atomic E-state index is 0.205. The molecule has 0 atom stereocenters. The van der Waals surface area contributed by atoms with Gasteiger partial charge in [-0.1, -0.05) is 20.8 Å². The first-order valence-corrected chi connectivity index (χ1v) is 6.17. The first kappa shape index (κ1) is 13.1. The molecule has 0 amide bonds. The minimum Gasteiger partial charge on any atom is -0.475 e. The van der Waals surface area contributed by atoms with E-state index in [2.05, 4.69) is 15.9 Å². The minimum atomic E-state index is -1.19. The third-order valence-corrected chi connectivity index (χ3v) is 3.31. The van der Waals surface area contributed by atoms with Crippen molar-refractivity contribution in [2.24, 2.45) is 0 Å². The predicted octanol–water partition coefficient (Wildman–Crippen LogP) is 4.33. The largest absolute Gasteiger partial charge is 0.475 e. The van der Waals surface area contributed by atoms with Gasteiger partial charge in [0.05, 0.1) is 9.86 Å². The Kier molecular flexibility index (Phi) is 2.97. The van der Waals surface area contributed by atoms with Crippen LogP contribution in [-0.2, 0) is 5.41 Å². The van der Waals surface area contributed by atoms with Crippen molar-refractivity contribution in [1.82, 2.24) is 0 Å². The molecule has 5 heteroatoms. The smallest absolute Gasteiger partial charge is 0.372 e. The Labute approximate surface area is 112 Å². The van der Waals surface area contributed by atoms with Crippen LogP contribution in [0.5, 0.6) is 0 Å². The summed E-state index contributed by atoms with van der Waals surface area (Å²) in [6, 6.07) is 2.79. The van der Waals surface area contributed by atoms with Gasteiger partial charge < -0.3 is 9.52 Å². The highest BCUT2D eigenvalue weighted by atomic mass is 79.9. The first-order valence-electron chi connectivity index (χ1n) is 5.37. The predicted molar refractivity (Wildman–Crippen MR) is 69.5 cm³/mol. The van der Waals surface area contributed by atoms with Crippen molar-refractivity contribution in [3.05, 3.63) is 33.7 Å². The summed E-state index contributed by atoms with van der Waals surface area (Å²) in [5.74, 6) is -1.87. The number of aromatic carboxylic acids is 1. The second kappa shape index (κ2) is 4.09. The van der Waals surface area contributed by atoms with Crippen LogP contribution in [0.15, 0.2) is 21.0 Å². The Balaban J connectivity index is 3.00. The molecule has 1 N–H and O–H groups in total. The van der Waals surface area contributed by atoms with Gasteiger partial charge in [0.25, 0.3) is 0 Å². The van der Waals surface area contributed by atoms with E-state index >= 15 is 0 Å². The van der Waals surface area contributed by atoms with Crippen LogP contribution in [0.1, 0.15) is 36.9 Å². The van der Waals surface area contributed by atoms with Crippen molar-refractivity contribution in [2.75, 3.05) is 0 Å². The van der Waals surface area contributed by atoms with Gasteiger partial charge in [0.1, 0.15) is 5.82 Å². The molecule has 18 heavy (non-hydrogen) atoms. The summed E-state index contributed by atoms with van der Waals surface area (Å²) in [7, 11) is 0. The van der Waals surface area contributed by atoms with Gasteiger partial charge >= 0.3 is 5.97 Å². The molecule has 1 aromatic carbocycles. The number of hydrogen-bond acceptors (Lipinski definition) is 2. The van der Waals surface area contributed by atoms with E-state index in [4.69, 9.17) is 4.42 Å². The fourth-order valence-electron chi connectivity index (χ4n) is 2.00. The first-order chi connectivity index (χ1) is 8.23. The highest BCUT2D eigenvalue weighted by Gasteiger charge is 2.31. The van der Waals surface area contributed by atoms with Gasteiger partial charge in [-0.05, 0) is 33.5 Å². The summed E-state index contributed by atoms with van der Waals surface area (Å²) in [5.41, 5.74) is 0.0850. The number of benzene rings is 1. The van der Waals surface area contributed by atoms with Gasteiger partial charge in [0.2, 0.25) is 5.76 Å². The molecule has 0 fully saturated rings. The van der Waals surface area contributed by atoms with E-state index in [1.165, 1.54) is 12.1 Å². The highest BCUT2D eigenvalue weighted by molar-refractivity contribution is 9.10. The van der Waals surface area contributed by atoms with Crippen LogP contribution < -0.4 is 0 Å². The average molecular weight is 315 g/mol.